The molecule has 0 fully saturated rings. The Morgan fingerprint density at radius 2 is 1.81 bits per heavy atom. The maximum Gasteiger partial charge on any atom is 0.206 e. The molecule has 0 spiro atoms. The number of aryl methyl sites for hydroxylation is 1. The second-order valence-corrected chi connectivity index (χ2v) is 7.78. The first kappa shape index (κ1) is 19.8. The zero-order chi connectivity index (χ0) is 19.2. The number of benzene rings is 2. The van der Waals surface area contributed by atoms with Crippen molar-refractivity contribution in [3.05, 3.63) is 48.0 Å². The topological polar surface area (TPSA) is 70.4 Å². The molecule has 0 heterocycles. The van der Waals surface area contributed by atoms with E-state index in [1.807, 2.05) is 25.7 Å². The molecule has 0 amide bonds. The van der Waals surface area contributed by atoms with Gasteiger partial charge in [-0.3, -0.25) is 0 Å². The molecule has 0 N–H and O–H groups in total. The molecule has 2 aromatic rings. The Kier molecular flexibility index (Phi) is 6.64. The molecule has 5 nitrogen and oxygen atoms in total. The smallest absolute Gasteiger partial charge is 0.206 e. The van der Waals surface area contributed by atoms with Gasteiger partial charge in [0.2, 0.25) is 9.84 Å². The van der Waals surface area contributed by atoms with Crippen molar-refractivity contribution in [1.82, 2.24) is 0 Å². The Bertz CT molecular complexity index is 887. The fourth-order valence-corrected chi connectivity index (χ4v) is 4.20. The minimum absolute atomic E-state index is 0.232. The molecule has 26 heavy (non-hydrogen) atoms. The van der Waals surface area contributed by atoms with Gasteiger partial charge in [-0.15, -0.1) is 0 Å². The average molecular weight is 372 g/mol. The standard InChI is InChI=1S/C20H24N2O3S/c1-4-22(13-9-12-21)19-15-18(14-16(3)20(19)25-5-2)26(23,24)17-10-7-6-8-11-17/h6-8,10-11,14-15H,4-5,9,13H2,1-3H3. The molecule has 0 aliphatic carbocycles. The maximum absolute atomic E-state index is 13.0. The lowest BCUT2D eigenvalue weighted by Crippen LogP contribution is -2.25. The molecule has 2 rings (SSSR count). The van der Waals surface area contributed by atoms with Gasteiger partial charge in [-0.1, -0.05) is 18.2 Å². The highest BCUT2D eigenvalue weighted by atomic mass is 32.2. The van der Waals surface area contributed by atoms with Crippen molar-refractivity contribution in [1.29, 1.82) is 5.26 Å². The fourth-order valence-electron chi connectivity index (χ4n) is 2.81. The Morgan fingerprint density at radius 3 is 2.38 bits per heavy atom. The number of anilines is 1. The van der Waals surface area contributed by atoms with Crippen LogP contribution in [0, 0.1) is 18.3 Å². The van der Waals surface area contributed by atoms with Crippen molar-refractivity contribution in [2.24, 2.45) is 0 Å². The van der Waals surface area contributed by atoms with Crippen molar-refractivity contribution < 1.29 is 13.2 Å². The van der Waals surface area contributed by atoms with E-state index in [2.05, 4.69) is 6.07 Å². The second kappa shape index (κ2) is 8.72. The third-order valence-electron chi connectivity index (χ3n) is 4.10. The number of ether oxygens (including phenoxy) is 1. The molecule has 0 unspecified atom stereocenters. The van der Waals surface area contributed by atoms with Crippen molar-refractivity contribution >= 4 is 15.5 Å². The van der Waals surface area contributed by atoms with Crippen LogP contribution in [0.1, 0.15) is 25.8 Å². The molecular weight excluding hydrogens is 348 g/mol. The van der Waals surface area contributed by atoms with E-state index in [1.165, 1.54) is 0 Å². The lowest BCUT2D eigenvalue weighted by molar-refractivity contribution is 0.338. The molecule has 0 aromatic heterocycles. The zero-order valence-corrected chi connectivity index (χ0v) is 16.2. The summed E-state index contributed by atoms with van der Waals surface area (Å²) in [5.41, 5.74) is 1.47. The summed E-state index contributed by atoms with van der Waals surface area (Å²) in [5, 5.41) is 8.91. The number of hydrogen-bond acceptors (Lipinski definition) is 5. The van der Waals surface area contributed by atoms with Gasteiger partial charge in [-0.2, -0.15) is 5.26 Å². The summed E-state index contributed by atoms with van der Waals surface area (Å²) < 4.78 is 31.8. The SMILES string of the molecule is CCOc1c(C)cc(S(=O)(=O)c2ccccc2)cc1N(CC)CCC#N. The minimum Gasteiger partial charge on any atom is -0.491 e. The van der Waals surface area contributed by atoms with E-state index in [9.17, 15) is 8.42 Å². The van der Waals surface area contributed by atoms with E-state index in [-0.39, 0.29) is 9.79 Å². The van der Waals surface area contributed by atoms with Gasteiger partial charge in [0.05, 0.1) is 34.6 Å². The molecular formula is C20H24N2O3S. The van der Waals surface area contributed by atoms with E-state index < -0.39 is 9.84 Å². The fraction of sp³-hybridized carbons (Fsp3) is 0.350. The third-order valence-corrected chi connectivity index (χ3v) is 5.85. The van der Waals surface area contributed by atoms with Gasteiger partial charge in [-0.05, 0) is 50.6 Å². The summed E-state index contributed by atoms with van der Waals surface area (Å²) in [4.78, 5) is 2.47. The van der Waals surface area contributed by atoms with Crippen molar-refractivity contribution in [3.63, 3.8) is 0 Å². The first-order valence-electron chi connectivity index (χ1n) is 8.65. The van der Waals surface area contributed by atoms with Crippen LogP contribution in [-0.4, -0.2) is 28.1 Å². The minimum atomic E-state index is -3.63. The molecule has 0 aliphatic heterocycles. The predicted molar refractivity (Wildman–Crippen MR) is 102 cm³/mol. The lowest BCUT2D eigenvalue weighted by Gasteiger charge is -2.26. The van der Waals surface area contributed by atoms with Crippen LogP contribution >= 0.6 is 0 Å². The van der Waals surface area contributed by atoms with E-state index in [4.69, 9.17) is 10.00 Å². The van der Waals surface area contributed by atoms with Crippen LogP contribution in [0.3, 0.4) is 0 Å². The van der Waals surface area contributed by atoms with E-state index in [1.54, 1.807) is 42.5 Å². The summed E-state index contributed by atoms with van der Waals surface area (Å²) in [6.45, 7) is 7.35. The molecule has 0 saturated heterocycles. The molecule has 0 saturated carbocycles. The molecule has 6 heteroatoms. The Balaban J connectivity index is 2.61. The third kappa shape index (κ3) is 4.17. The maximum atomic E-state index is 13.0. The highest BCUT2D eigenvalue weighted by Gasteiger charge is 2.23. The van der Waals surface area contributed by atoms with E-state index in [0.717, 1.165) is 5.56 Å². The number of hydrogen-bond donors (Lipinski definition) is 0. The number of sulfone groups is 1. The lowest BCUT2D eigenvalue weighted by atomic mass is 10.1. The largest absolute Gasteiger partial charge is 0.491 e. The van der Waals surface area contributed by atoms with Crippen LogP contribution in [0.25, 0.3) is 0 Å². The number of rotatable bonds is 8. The highest BCUT2D eigenvalue weighted by molar-refractivity contribution is 7.91. The second-order valence-electron chi connectivity index (χ2n) is 5.83. The van der Waals surface area contributed by atoms with Gasteiger partial charge in [0, 0.05) is 13.1 Å². The van der Waals surface area contributed by atoms with Crippen LogP contribution < -0.4 is 9.64 Å². The van der Waals surface area contributed by atoms with Gasteiger partial charge in [-0.25, -0.2) is 8.42 Å². The molecule has 138 valence electrons. The average Bonchev–Trinajstić information content (AvgIpc) is 2.65. The van der Waals surface area contributed by atoms with Crippen LogP contribution in [0.5, 0.6) is 5.75 Å². The summed E-state index contributed by atoms with van der Waals surface area (Å²) in [6, 6.07) is 13.8. The molecule has 0 bridgehead atoms. The Hall–Kier alpha value is -2.52. The van der Waals surface area contributed by atoms with Gasteiger partial charge < -0.3 is 9.64 Å². The summed E-state index contributed by atoms with van der Waals surface area (Å²) in [6.07, 6.45) is 0.355. The van der Waals surface area contributed by atoms with Gasteiger partial charge in [0.25, 0.3) is 0 Å². The first-order chi connectivity index (χ1) is 12.5. The van der Waals surface area contributed by atoms with Crippen LogP contribution in [0.2, 0.25) is 0 Å². The quantitative estimate of drug-likeness (QED) is 0.701. The first-order valence-corrected chi connectivity index (χ1v) is 10.1. The van der Waals surface area contributed by atoms with Gasteiger partial charge >= 0.3 is 0 Å². The van der Waals surface area contributed by atoms with Crippen LogP contribution in [0.15, 0.2) is 52.3 Å². The van der Waals surface area contributed by atoms with Gasteiger partial charge in [0.1, 0.15) is 5.75 Å². The Labute approximate surface area is 155 Å². The summed E-state index contributed by atoms with van der Waals surface area (Å²) in [5.74, 6) is 0.666. The summed E-state index contributed by atoms with van der Waals surface area (Å²) >= 11 is 0. The van der Waals surface area contributed by atoms with Crippen molar-refractivity contribution in [2.45, 2.75) is 37.0 Å². The molecule has 0 aliphatic rings. The molecule has 0 radical (unpaired) electrons. The van der Waals surface area contributed by atoms with Crippen molar-refractivity contribution in [2.75, 3.05) is 24.6 Å². The predicted octanol–water partition coefficient (Wildman–Crippen LogP) is 3.97. The summed E-state index contributed by atoms with van der Waals surface area (Å²) in [7, 11) is -3.63. The van der Waals surface area contributed by atoms with E-state index >= 15 is 0 Å². The Morgan fingerprint density at radius 1 is 1.12 bits per heavy atom. The van der Waals surface area contributed by atoms with E-state index in [0.29, 0.717) is 37.6 Å². The molecule has 0 atom stereocenters. The van der Waals surface area contributed by atoms with Crippen molar-refractivity contribution in [3.8, 4) is 11.8 Å². The monoisotopic (exact) mass is 372 g/mol. The zero-order valence-electron chi connectivity index (χ0n) is 15.4. The molecule has 2 aromatic carbocycles. The van der Waals surface area contributed by atoms with Crippen LogP contribution in [-0.2, 0) is 9.84 Å². The number of nitrogens with zero attached hydrogens (tertiary/aromatic N) is 2. The van der Waals surface area contributed by atoms with Gasteiger partial charge in [0.15, 0.2) is 0 Å². The van der Waals surface area contributed by atoms with Crippen LogP contribution in [0.4, 0.5) is 5.69 Å². The normalized spacial score (nSPS) is 11.0. The number of nitriles is 1. The highest BCUT2D eigenvalue weighted by Crippen LogP contribution is 2.36.